The number of methoxy groups -OCH3 is 1. The molecule has 4 heteroatoms. The zero-order valence-electron chi connectivity index (χ0n) is 10.5. The van der Waals surface area contributed by atoms with Crippen LogP contribution in [0.15, 0.2) is 6.07 Å². The highest BCUT2D eigenvalue weighted by Crippen LogP contribution is 2.22. The van der Waals surface area contributed by atoms with Crippen LogP contribution >= 0.6 is 0 Å². The molecule has 0 saturated carbocycles. The molecule has 0 spiro atoms. The van der Waals surface area contributed by atoms with Gasteiger partial charge in [0.25, 0.3) is 0 Å². The summed E-state index contributed by atoms with van der Waals surface area (Å²) in [6.45, 7) is 6.78. The first kappa shape index (κ1) is 13.1. The number of rotatable bonds is 5. The quantitative estimate of drug-likeness (QED) is 0.824. The predicted molar refractivity (Wildman–Crippen MR) is 64.1 cm³/mol. The van der Waals surface area contributed by atoms with E-state index in [9.17, 15) is 0 Å². The lowest BCUT2D eigenvalue weighted by atomic mass is 10.1. The third-order valence-electron chi connectivity index (χ3n) is 2.44. The van der Waals surface area contributed by atoms with Crippen LogP contribution < -0.4 is 5.73 Å². The van der Waals surface area contributed by atoms with Crippen molar-refractivity contribution in [1.82, 2.24) is 9.97 Å². The van der Waals surface area contributed by atoms with Crippen molar-refractivity contribution in [1.29, 1.82) is 0 Å². The van der Waals surface area contributed by atoms with E-state index in [4.69, 9.17) is 10.5 Å². The van der Waals surface area contributed by atoms with Gasteiger partial charge < -0.3 is 10.5 Å². The summed E-state index contributed by atoms with van der Waals surface area (Å²) in [4.78, 5) is 8.93. The van der Waals surface area contributed by atoms with Crippen molar-refractivity contribution in [2.45, 2.75) is 33.3 Å². The average molecular weight is 223 g/mol. The van der Waals surface area contributed by atoms with Gasteiger partial charge in [0, 0.05) is 24.9 Å². The third-order valence-corrected chi connectivity index (χ3v) is 2.44. The first-order valence-corrected chi connectivity index (χ1v) is 5.65. The van der Waals surface area contributed by atoms with Crippen LogP contribution in [0, 0.1) is 12.8 Å². The Morgan fingerprint density at radius 1 is 1.38 bits per heavy atom. The Labute approximate surface area is 97.2 Å². The molecule has 4 nitrogen and oxygen atoms in total. The second kappa shape index (κ2) is 5.92. The van der Waals surface area contributed by atoms with Gasteiger partial charge in [-0.15, -0.1) is 0 Å². The average Bonchev–Trinajstić information content (AvgIpc) is 2.17. The molecule has 2 N–H and O–H groups in total. The summed E-state index contributed by atoms with van der Waals surface area (Å²) in [7, 11) is 1.69. The van der Waals surface area contributed by atoms with Crippen LogP contribution in [0.3, 0.4) is 0 Å². The highest BCUT2D eigenvalue weighted by atomic mass is 16.5. The summed E-state index contributed by atoms with van der Waals surface area (Å²) in [5.74, 6) is 1.12. The van der Waals surface area contributed by atoms with E-state index >= 15 is 0 Å². The lowest BCUT2D eigenvalue weighted by Gasteiger charge is -2.18. The molecule has 1 aromatic rings. The minimum absolute atomic E-state index is 0.0450. The van der Waals surface area contributed by atoms with Crippen molar-refractivity contribution < 1.29 is 4.74 Å². The molecule has 0 aromatic carbocycles. The van der Waals surface area contributed by atoms with Crippen LogP contribution in [0.1, 0.15) is 37.2 Å². The maximum Gasteiger partial charge on any atom is 0.157 e. The Morgan fingerprint density at radius 2 is 2.06 bits per heavy atom. The summed E-state index contributed by atoms with van der Waals surface area (Å²) in [6.07, 6.45) is 0.738. The molecule has 1 aromatic heterocycles. The smallest absolute Gasteiger partial charge is 0.157 e. The van der Waals surface area contributed by atoms with Crippen LogP contribution in [-0.2, 0) is 11.2 Å². The van der Waals surface area contributed by atoms with Crippen molar-refractivity contribution in [3.63, 3.8) is 0 Å². The molecular weight excluding hydrogens is 202 g/mol. The van der Waals surface area contributed by atoms with Gasteiger partial charge in [0.1, 0.15) is 6.10 Å². The summed E-state index contributed by atoms with van der Waals surface area (Å²) in [5.41, 5.74) is 7.50. The Morgan fingerprint density at radius 3 is 2.56 bits per heavy atom. The minimum Gasteiger partial charge on any atom is -0.373 e. The minimum atomic E-state index is -0.0450. The molecule has 0 radical (unpaired) electrons. The van der Waals surface area contributed by atoms with Crippen molar-refractivity contribution in [2.24, 2.45) is 11.7 Å². The Kier molecular flexibility index (Phi) is 4.83. The van der Waals surface area contributed by atoms with Crippen molar-refractivity contribution in [3.8, 4) is 0 Å². The normalized spacial score (nSPS) is 13.1. The molecule has 1 unspecified atom stereocenters. The van der Waals surface area contributed by atoms with E-state index in [2.05, 4.69) is 23.8 Å². The second-order valence-electron chi connectivity index (χ2n) is 4.30. The van der Waals surface area contributed by atoms with E-state index in [1.807, 2.05) is 13.0 Å². The largest absolute Gasteiger partial charge is 0.373 e. The van der Waals surface area contributed by atoms with Crippen molar-refractivity contribution in [3.05, 3.63) is 23.3 Å². The molecule has 0 saturated heterocycles. The predicted octanol–water partition coefficient (Wildman–Crippen LogP) is 1.63. The lowest BCUT2D eigenvalue weighted by Crippen LogP contribution is -2.15. The zero-order valence-corrected chi connectivity index (χ0v) is 10.5. The number of hydrogen-bond donors (Lipinski definition) is 1. The first-order valence-electron chi connectivity index (χ1n) is 5.65. The Bertz CT molecular complexity index is 339. The van der Waals surface area contributed by atoms with E-state index in [1.165, 1.54) is 0 Å². The summed E-state index contributed by atoms with van der Waals surface area (Å²) >= 11 is 0. The molecular formula is C12H21N3O. The van der Waals surface area contributed by atoms with Crippen LogP contribution in [0.2, 0.25) is 0 Å². The van der Waals surface area contributed by atoms with Crippen molar-refractivity contribution >= 4 is 0 Å². The van der Waals surface area contributed by atoms with E-state index in [-0.39, 0.29) is 6.10 Å². The van der Waals surface area contributed by atoms with Gasteiger partial charge in [-0.05, 0) is 25.5 Å². The fourth-order valence-corrected chi connectivity index (χ4v) is 1.74. The van der Waals surface area contributed by atoms with E-state index in [1.54, 1.807) is 7.11 Å². The maximum absolute atomic E-state index is 5.54. The monoisotopic (exact) mass is 223 g/mol. The molecule has 1 atom stereocenters. The lowest BCUT2D eigenvalue weighted by molar-refractivity contribution is 0.0571. The fourth-order valence-electron chi connectivity index (χ4n) is 1.74. The van der Waals surface area contributed by atoms with Gasteiger partial charge in [0.2, 0.25) is 0 Å². The number of nitrogens with two attached hydrogens (primary N) is 1. The molecule has 0 bridgehead atoms. The number of aryl methyl sites for hydroxylation is 1. The highest BCUT2D eigenvalue weighted by molar-refractivity contribution is 5.12. The molecule has 1 rings (SSSR count). The maximum atomic E-state index is 5.54. The van der Waals surface area contributed by atoms with Crippen molar-refractivity contribution in [2.75, 3.05) is 13.7 Å². The zero-order chi connectivity index (χ0) is 12.1. The van der Waals surface area contributed by atoms with Gasteiger partial charge >= 0.3 is 0 Å². The SMILES string of the molecule is COC(c1nc(C)cc(CCN)n1)C(C)C. The van der Waals surface area contributed by atoms with Crippen LogP contribution in [-0.4, -0.2) is 23.6 Å². The summed E-state index contributed by atoms with van der Waals surface area (Å²) < 4.78 is 5.43. The van der Waals surface area contributed by atoms with Gasteiger partial charge in [-0.2, -0.15) is 0 Å². The van der Waals surface area contributed by atoms with Gasteiger partial charge in [0.15, 0.2) is 5.82 Å². The molecule has 0 aliphatic carbocycles. The summed E-state index contributed by atoms with van der Waals surface area (Å²) in [5, 5.41) is 0. The van der Waals surface area contributed by atoms with E-state index in [0.29, 0.717) is 12.5 Å². The topological polar surface area (TPSA) is 61.0 Å². The standard InChI is InChI=1S/C12H21N3O/c1-8(2)11(16-4)12-14-9(3)7-10(15-12)5-6-13/h7-8,11H,5-6,13H2,1-4H3. The van der Waals surface area contributed by atoms with Crippen LogP contribution in [0.25, 0.3) is 0 Å². The summed E-state index contributed by atoms with van der Waals surface area (Å²) in [6, 6.07) is 1.98. The fraction of sp³-hybridized carbons (Fsp3) is 0.667. The second-order valence-corrected chi connectivity index (χ2v) is 4.30. The van der Waals surface area contributed by atoms with Crippen LogP contribution in [0.5, 0.6) is 0 Å². The van der Waals surface area contributed by atoms with Gasteiger partial charge in [-0.3, -0.25) is 0 Å². The molecule has 90 valence electrons. The molecule has 0 aliphatic rings. The van der Waals surface area contributed by atoms with Crippen LogP contribution in [0.4, 0.5) is 0 Å². The third kappa shape index (κ3) is 3.25. The van der Waals surface area contributed by atoms with Gasteiger partial charge in [-0.1, -0.05) is 13.8 Å². The van der Waals surface area contributed by atoms with Gasteiger partial charge in [-0.25, -0.2) is 9.97 Å². The molecule has 0 fully saturated rings. The van der Waals surface area contributed by atoms with Gasteiger partial charge in [0.05, 0.1) is 0 Å². The number of hydrogen-bond acceptors (Lipinski definition) is 4. The molecule has 16 heavy (non-hydrogen) atoms. The molecule has 0 amide bonds. The number of aromatic nitrogens is 2. The number of ether oxygens (including phenoxy) is 1. The Hall–Kier alpha value is -1.00. The first-order chi connectivity index (χ1) is 7.58. The van der Waals surface area contributed by atoms with E-state index < -0.39 is 0 Å². The highest BCUT2D eigenvalue weighted by Gasteiger charge is 2.18. The van der Waals surface area contributed by atoms with E-state index in [0.717, 1.165) is 23.6 Å². The molecule has 1 heterocycles. The Balaban J connectivity index is 3.02. The number of nitrogens with zero attached hydrogens (tertiary/aromatic N) is 2. The molecule has 0 aliphatic heterocycles.